The van der Waals surface area contributed by atoms with E-state index >= 15 is 0 Å². The van der Waals surface area contributed by atoms with E-state index in [2.05, 4.69) is 20.0 Å². The van der Waals surface area contributed by atoms with E-state index in [0.29, 0.717) is 0 Å². The van der Waals surface area contributed by atoms with Crippen molar-refractivity contribution in [3.63, 3.8) is 0 Å². The Kier molecular flexibility index (Phi) is 5.96. The fraction of sp³-hybridized carbons (Fsp3) is 0.875. The van der Waals surface area contributed by atoms with Crippen LogP contribution in [0.4, 0.5) is 0 Å². The number of likely N-dealkylation sites (tertiary alicyclic amines) is 1. The Morgan fingerprint density at radius 3 is 1.90 bits per heavy atom. The SMILES string of the molecule is CCC.N#CN1CCCC1. The van der Waals surface area contributed by atoms with Gasteiger partial charge in [0.1, 0.15) is 0 Å². The summed E-state index contributed by atoms with van der Waals surface area (Å²) in [7, 11) is 0. The van der Waals surface area contributed by atoms with Crippen LogP contribution in [0.3, 0.4) is 0 Å². The second-order valence-electron chi connectivity index (χ2n) is 2.50. The number of nitriles is 1. The molecule has 0 aromatic heterocycles. The molecule has 0 unspecified atom stereocenters. The van der Waals surface area contributed by atoms with Gasteiger partial charge in [-0.15, -0.1) is 0 Å². The van der Waals surface area contributed by atoms with Crippen LogP contribution in [0.25, 0.3) is 0 Å². The standard InChI is InChI=1S/C5H8N2.C3H8/c6-5-7-3-1-2-4-7;1-3-2/h1-4H2;3H2,1-2H3. The van der Waals surface area contributed by atoms with Crippen LogP contribution in [0.5, 0.6) is 0 Å². The first-order valence-electron chi connectivity index (χ1n) is 3.99. The fourth-order valence-electron chi connectivity index (χ4n) is 0.817. The molecule has 0 bridgehead atoms. The van der Waals surface area contributed by atoms with Crippen molar-refractivity contribution in [3.05, 3.63) is 0 Å². The summed E-state index contributed by atoms with van der Waals surface area (Å²) in [5.74, 6) is 0. The van der Waals surface area contributed by atoms with Gasteiger partial charge >= 0.3 is 0 Å². The molecule has 10 heavy (non-hydrogen) atoms. The molecule has 0 spiro atoms. The average Bonchev–Trinajstić information content (AvgIpc) is 2.39. The zero-order valence-corrected chi connectivity index (χ0v) is 6.93. The van der Waals surface area contributed by atoms with Gasteiger partial charge in [0.05, 0.1) is 0 Å². The third kappa shape index (κ3) is 4.20. The van der Waals surface area contributed by atoms with Crippen molar-refractivity contribution < 1.29 is 0 Å². The predicted octanol–water partition coefficient (Wildman–Crippen LogP) is 1.98. The van der Waals surface area contributed by atoms with E-state index in [-0.39, 0.29) is 0 Å². The van der Waals surface area contributed by atoms with E-state index in [1.165, 1.54) is 19.3 Å². The van der Waals surface area contributed by atoms with Gasteiger partial charge in [-0.3, -0.25) is 0 Å². The number of rotatable bonds is 0. The highest BCUT2D eigenvalue weighted by atomic mass is 15.1. The van der Waals surface area contributed by atoms with Crippen LogP contribution in [0.15, 0.2) is 0 Å². The first-order valence-corrected chi connectivity index (χ1v) is 3.99. The van der Waals surface area contributed by atoms with Gasteiger partial charge in [0.25, 0.3) is 0 Å². The molecule has 1 aliphatic rings. The predicted molar refractivity (Wildman–Crippen MR) is 42.4 cm³/mol. The second-order valence-corrected chi connectivity index (χ2v) is 2.50. The molecule has 0 aromatic rings. The minimum absolute atomic E-state index is 0.983. The number of nitrogens with zero attached hydrogens (tertiary/aromatic N) is 2. The van der Waals surface area contributed by atoms with E-state index in [4.69, 9.17) is 5.26 Å². The summed E-state index contributed by atoms with van der Waals surface area (Å²) in [6.07, 6.45) is 5.75. The zero-order chi connectivity index (χ0) is 7.82. The van der Waals surface area contributed by atoms with Crippen molar-refractivity contribution in [2.24, 2.45) is 0 Å². The summed E-state index contributed by atoms with van der Waals surface area (Å²) < 4.78 is 0. The van der Waals surface area contributed by atoms with Crippen LogP contribution in [0, 0.1) is 11.5 Å². The van der Waals surface area contributed by atoms with Gasteiger partial charge in [-0.25, -0.2) is 0 Å². The van der Waals surface area contributed by atoms with Crippen molar-refractivity contribution in [1.82, 2.24) is 4.90 Å². The Bertz CT molecular complexity index is 98.3. The molecule has 2 heteroatoms. The van der Waals surface area contributed by atoms with Gasteiger partial charge in [-0.1, -0.05) is 20.3 Å². The van der Waals surface area contributed by atoms with Gasteiger partial charge in [-0.2, -0.15) is 5.26 Å². The molecular weight excluding hydrogens is 124 g/mol. The van der Waals surface area contributed by atoms with Gasteiger partial charge < -0.3 is 4.90 Å². The molecule has 1 rings (SSSR count). The van der Waals surface area contributed by atoms with Crippen molar-refractivity contribution >= 4 is 0 Å². The Morgan fingerprint density at radius 1 is 1.30 bits per heavy atom. The summed E-state index contributed by atoms with van der Waals surface area (Å²) in [6.45, 7) is 6.22. The lowest BCUT2D eigenvalue weighted by Crippen LogP contribution is -2.10. The highest BCUT2D eigenvalue weighted by Crippen LogP contribution is 2.03. The number of hydrogen-bond donors (Lipinski definition) is 0. The van der Waals surface area contributed by atoms with Crippen molar-refractivity contribution in [3.8, 4) is 6.19 Å². The molecule has 0 N–H and O–H groups in total. The van der Waals surface area contributed by atoms with E-state index in [1.807, 2.05) is 0 Å². The van der Waals surface area contributed by atoms with Gasteiger partial charge in [0, 0.05) is 13.1 Å². The molecule has 1 aliphatic heterocycles. The highest BCUT2D eigenvalue weighted by Gasteiger charge is 2.06. The van der Waals surface area contributed by atoms with E-state index in [1.54, 1.807) is 4.90 Å². The molecule has 0 aromatic carbocycles. The average molecular weight is 140 g/mol. The Hall–Kier alpha value is -0.710. The van der Waals surface area contributed by atoms with Crippen LogP contribution in [-0.4, -0.2) is 18.0 Å². The van der Waals surface area contributed by atoms with E-state index < -0.39 is 0 Å². The molecule has 0 saturated carbocycles. The topological polar surface area (TPSA) is 27.0 Å². The minimum atomic E-state index is 0.983. The van der Waals surface area contributed by atoms with Crippen molar-refractivity contribution in [2.45, 2.75) is 33.1 Å². The van der Waals surface area contributed by atoms with Gasteiger partial charge in [0.2, 0.25) is 0 Å². The summed E-state index contributed by atoms with van der Waals surface area (Å²) in [4.78, 5) is 1.79. The largest absolute Gasteiger partial charge is 0.311 e. The molecular formula is C8H16N2. The summed E-state index contributed by atoms with van der Waals surface area (Å²) in [6, 6.07) is 0. The molecule has 0 amide bonds. The van der Waals surface area contributed by atoms with Crippen molar-refractivity contribution in [1.29, 1.82) is 5.26 Å². The maximum atomic E-state index is 8.24. The molecule has 0 atom stereocenters. The summed E-state index contributed by atoms with van der Waals surface area (Å²) in [5.41, 5.74) is 0. The molecule has 1 heterocycles. The normalized spacial score (nSPS) is 15.5. The van der Waals surface area contributed by atoms with Crippen LogP contribution in [0.2, 0.25) is 0 Å². The zero-order valence-electron chi connectivity index (χ0n) is 6.93. The monoisotopic (exact) mass is 140 g/mol. The first kappa shape index (κ1) is 9.29. The first-order chi connectivity index (χ1) is 4.85. The maximum Gasteiger partial charge on any atom is 0.179 e. The van der Waals surface area contributed by atoms with Crippen molar-refractivity contribution in [2.75, 3.05) is 13.1 Å². The number of hydrogen-bond acceptors (Lipinski definition) is 2. The molecule has 58 valence electrons. The quantitative estimate of drug-likeness (QED) is 0.481. The highest BCUT2D eigenvalue weighted by molar-refractivity contribution is 4.77. The van der Waals surface area contributed by atoms with E-state index in [0.717, 1.165) is 13.1 Å². The third-order valence-corrected chi connectivity index (χ3v) is 1.25. The van der Waals surface area contributed by atoms with Crippen LogP contribution >= 0.6 is 0 Å². The maximum absolute atomic E-state index is 8.24. The van der Waals surface area contributed by atoms with Crippen LogP contribution < -0.4 is 0 Å². The van der Waals surface area contributed by atoms with E-state index in [9.17, 15) is 0 Å². The van der Waals surface area contributed by atoms with Crippen LogP contribution in [0.1, 0.15) is 33.1 Å². The van der Waals surface area contributed by atoms with Gasteiger partial charge in [0.15, 0.2) is 6.19 Å². The summed E-state index contributed by atoms with van der Waals surface area (Å²) in [5, 5.41) is 8.24. The molecule has 0 radical (unpaired) electrons. The molecule has 2 nitrogen and oxygen atoms in total. The lowest BCUT2D eigenvalue weighted by Gasteiger charge is -2.00. The molecule has 0 aliphatic carbocycles. The second kappa shape index (κ2) is 6.41. The summed E-state index contributed by atoms with van der Waals surface area (Å²) >= 11 is 0. The fourth-order valence-corrected chi connectivity index (χ4v) is 0.817. The third-order valence-electron chi connectivity index (χ3n) is 1.25. The van der Waals surface area contributed by atoms with Gasteiger partial charge in [-0.05, 0) is 12.8 Å². The minimum Gasteiger partial charge on any atom is -0.311 e. The molecule has 1 saturated heterocycles. The smallest absolute Gasteiger partial charge is 0.179 e. The molecule has 1 fully saturated rings. The van der Waals surface area contributed by atoms with Crippen LogP contribution in [-0.2, 0) is 0 Å². The Labute approximate surface area is 63.4 Å². The Balaban J connectivity index is 0.000000236. The lowest BCUT2D eigenvalue weighted by molar-refractivity contribution is 0.487. The lowest BCUT2D eigenvalue weighted by atomic mass is 10.4. The Morgan fingerprint density at radius 2 is 1.70 bits per heavy atom.